The van der Waals surface area contributed by atoms with Gasteiger partial charge in [-0.05, 0) is 38.9 Å². The molecule has 0 aliphatic carbocycles. The topological polar surface area (TPSA) is 51.4 Å². The van der Waals surface area contributed by atoms with E-state index in [1.807, 2.05) is 13.0 Å². The molecule has 1 aromatic heterocycles. The summed E-state index contributed by atoms with van der Waals surface area (Å²) in [6.07, 6.45) is 1.89. The summed E-state index contributed by atoms with van der Waals surface area (Å²) in [5, 5.41) is 0. The fraction of sp³-hybridized carbons (Fsp3) is 0.643. The number of ether oxygens (including phenoxy) is 1. The van der Waals surface area contributed by atoms with Crippen molar-refractivity contribution in [1.29, 1.82) is 0 Å². The number of pyridine rings is 1. The highest BCUT2D eigenvalue weighted by Gasteiger charge is 2.29. The third-order valence-corrected chi connectivity index (χ3v) is 3.45. The summed E-state index contributed by atoms with van der Waals surface area (Å²) >= 11 is 0. The number of hydrogen-bond acceptors (Lipinski definition) is 4. The number of rotatable bonds is 4. The molecule has 1 aromatic rings. The molecule has 4 nitrogen and oxygen atoms in total. The molecule has 0 atom stereocenters. The highest BCUT2D eigenvalue weighted by molar-refractivity contribution is 5.09. The smallest absolute Gasteiger partial charge is 0.0547 e. The van der Waals surface area contributed by atoms with Gasteiger partial charge in [-0.1, -0.05) is 6.07 Å². The Hall–Kier alpha value is -0.970. The van der Waals surface area contributed by atoms with Gasteiger partial charge in [0.2, 0.25) is 0 Å². The summed E-state index contributed by atoms with van der Waals surface area (Å²) < 4.78 is 5.37. The molecule has 0 bridgehead atoms. The number of nitrogens with two attached hydrogens (primary N) is 1. The van der Waals surface area contributed by atoms with Crippen LogP contribution in [0, 0.1) is 6.92 Å². The van der Waals surface area contributed by atoms with Crippen molar-refractivity contribution in [2.24, 2.45) is 5.73 Å². The van der Waals surface area contributed by atoms with Crippen molar-refractivity contribution in [3.05, 3.63) is 29.6 Å². The third kappa shape index (κ3) is 3.77. The van der Waals surface area contributed by atoms with Crippen LogP contribution in [-0.4, -0.2) is 42.2 Å². The molecule has 0 radical (unpaired) electrons. The first-order valence-corrected chi connectivity index (χ1v) is 6.55. The Balaban J connectivity index is 1.90. The molecular formula is C14H23N3O. The molecule has 0 amide bonds. The first kappa shape index (κ1) is 13.5. The number of likely N-dealkylation sites (N-methyl/N-ethyl adjacent to an activating group) is 1. The molecule has 1 aliphatic heterocycles. The minimum Gasteiger partial charge on any atom is -0.381 e. The van der Waals surface area contributed by atoms with Crippen LogP contribution in [0.2, 0.25) is 0 Å². The van der Waals surface area contributed by atoms with Crippen molar-refractivity contribution in [2.75, 3.05) is 26.8 Å². The lowest BCUT2D eigenvalue weighted by molar-refractivity contribution is 0.0401. The lowest BCUT2D eigenvalue weighted by atomic mass is 9.91. The average molecular weight is 249 g/mol. The molecule has 2 rings (SSSR count). The van der Waals surface area contributed by atoms with E-state index in [4.69, 9.17) is 10.5 Å². The van der Waals surface area contributed by atoms with Crippen LogP contribution in [0.4, 0.5) is 0 Å². The van der Waals surface area contributed by atoms with E-state index < -0.39 is 0 Å². The van der Waals surface area contributed by atoms with E-state index in [0.29, 0.717) is 0 Å². The maximum absolute atomic E-state index is 6.40. The normalized spacial score (nSPS) is 19.1. The molecule has 0 aromatic carbocycles. The Morgan fingerprint density at radius 1 is 1.39 bits per heavy atom. The Labute approximate surface area is 109 Å². The van der Waals surface area contributed by atoms with Gasteiger partial charge >= 0.3 is 0 Å². The summed E-state index contributed by atoms with van der Waals surface area (Å²) in [5.74, 6) is 0. The van der Waals surface area contributed by atoms with Gasteiger partial charge in [0.1, 0.15) is 0 Å². The van der Waals surface area contributed by atoms with E-state index in [1.165, 1.54) is 0 Å². The van der Waals surface area contributed by atoms with Crippen molar-refractivity contribution >= 4 is 0 Å². The van der Waals surface area contributed by atoms with Gasteiger partial charge in [0.25, 0.3) is 0 Å². The predicted molar refractivity (Wildman–Crippen MR) is 72.3 cm³/mol. The van der Waals surface area contributed by atoms with Crippen LogP contribution < -0.4 is 5.73 Å². The third-order valence-electron chi connectivity index (χ3n) is 3.45. The monoisotopic (exact) mass is 249 g/mol. The van der Waals surface area contributed by atoms with E-state index in [9.17, 15) is 0 Å². The Bertz CT molecular complexity index is 388. The molecule has 0 spiro atoms. The number of aryl methyl sites for hydroxylation is 1. The molecule has 0 saturated carbocycles. The zero-order valence-corrected chi connectivity index (χ0v) is 11.4. The van der Waals surface area contributed by atoms with Gasteiger partial charge in [-0.15, -0.1) is 0 Å². The lowest BCUT2D eigenvalue weighted by Gasteiger charge is -2.36. The van der Waals surface area contributed by atoms with Crippen LogP contribution in [0.15, 0.2) is 18.2 Å². The first-order valence-electron chi connectivity index (χ1n) is 6.55. The van der Waals surface area contributed by atoms with Gasteiger partial charge in [0.15, 0.2) is 0 Å². The predicted octanol–water partition coefficient (Wildman–Crippen LogP) is 1.33. The van der Waals surface area contributed by atoms with E-state index in [2.05, 4.69) is 29.1 Å². The standard InChI is InChI=1S/C14H23N3O/c1-12-4-3-5-13(16-12)10-17(2)11-14(15)6-8-18-9-7-14/h3-5H,6-11,15H2,1-2H3. The first-order chi connectivity index (χ1) is 8.57. The maximum atomic E-state index is 6.40. The fourth-order valence-electron chi connectivity index (χ4n) is 2.49. The van der Waals surface area contributed by atoms with Crippen molar-refractivity contribution in [2.45, 2.75) is 31.8 Å². The number of nitrogens with zero attached hydrogens (tertiary/aromatic N) is 2. The van der Waals surface area contributed by atoms with Crippen LogP contribution in [0.5, 0.6) is 0 Å². The second-order valence-electron chi connectivity index (χ2n) is 5.42. The molecule has 1 aliphatic rings. The molecule has 1 saturated heterocycles. The van der Waals surface area contributed by atoms with Crippen molar-refractivity contribution in [3.63, 3.8) is 0 Å². The van der Waals surface area contributed by atoms with Crippen LogP contribution in [0.3, 0.4) is 0 Å². The Kier molecular flexibility index (Phi) is 4.32. The lowest BCUT2D eigenvalue weighted by Crippen LogP contribution is -2.52. The van der Waals surface area contributed by atoms with Gasteiger partial charge in [-0.3, -0.25) is 9.88 Å². The van der Waals surface area contributed by atoms with Crippen LogP contribution in [-0.2, 0) is 11.3 Å². The average Bonchev–Trinajstić information content (AvgIpc) is 2.28. The molecule has 100 valence electrons. The maximum Gasteiger partial charge on any atom is 0.0547 e. The molecule has 18 heavy (non-hydrogen) atoms. The molecule has 1 fully saturated rings. The Morgan fingerprint density at radius 2 is 2.11 bits per heavy atom. The van der Waals surface area contributed by atoms with E-state index in [0.717, 1.165) is 50.5 Å². The SMILES string of the molecule is Cc1cccc(CN(C)CC2(N)CCOCC2)n1. The van der Waals surface area contributed by atoms with Gasteiger partial charge in [-0.2, -0.15) is 0 Å². The number of aromatic nitrogens is 1. The quantitative estimate of drug-likeness (QED) is 0.874. The molecule has 4 heteroatoms. The number of hydrogen-bond donors (Lipinski definition) is 1. The van der Waals surface area contributed by atoms with Gasteiger partial charge in [-0.25, -0.2) is 0 Å². The second kappa shape index (κ2) is 5.78. The summed E-state index contributed by atoms with van der Waals surface area (Å²) in [6, 6.07) is 6.14. The highest BCUT2D eigenvalue weighted by atomic mass is 16.5. The van der Waals surface area contributed by atoms with Gasteiger partial charge < -0.3 is 10.5 Å². The van der Waals surface area contributed by atoms with E-state index in [1.54, 1.807) is 0 Å². The summed E-state index contributed by atoms with van der Waals surface area (Å²) in [7, 11) is 2.11. The largest absolute Gasteiger partial charge is 0.381 e. The van der Waals surface area contributed by atoms with Gasteiger partial charge in [0, 0.05) is 37.5 Å². The fourth-order valence-corrected chi connectivity index (χ4v) is 2.49. The summed E-state index contributed by atoms with van der Waals surface area (Å²) in [4.78, 5) is 6.78. The van der Waals surface area contributed by atoms with Gasteiger partial charge in [0.05, 0.1) is 5.69 Å². The molecule has 2 heterocycles. The van der Waals surface area contributed by atoms with Crippen molar-refractivity contribution in [1.82, 2.24) is 9.88 Å². The summed E-state index contributed by atoms with van der Waals surface area (Å²) in [5.41, 5.74) is 8.47. The van der Waals surface area contributed by atoms with E-state index >= 15 is 0 Å². The molecular weight excluding hydrogens is 226 g/mol. The van der Waals surface area contributed by atoms with E-state index in [-0.39, 0.29) is 5.54 Å². The van der Waals surface area contributed by atoms with Crippen LogP contribution in [0.1, 0.15) is 24.2 Å². The zero-order valence-electron chi connectivity index (χ0n) is 11.4. The molecule has 2 N–H and O–H groups in total. The Morgan fingerprint density at radius 3 is 2.78 bits per heavy atom. The highest BCUT2D eigenvalue weighted by Crippen LogP contribution is 2.19. The zero-order chi connectivity index (χ0) is 13.0. The van der Waals surface area contributed by atoms with Crippen molar-refractivity contribution < 1.29 is 4.74 Å². The molecule has 0 unspecified atom stereocenters. The second-order valence-corrected chi connectivity index (χ2v) is 5.42. The summed E-state index contributed by atoms with van der Waals surface area (Å²) in [6.45, 7) is 5.33. The van der Waals surface area contributed by atoms with Crippen LogP contribution in [0.25, 0.3) is 0 Å². The van der Waals surface area contributed by atoms with Crippen LogP contribution >= 0.6 is 0 Å². The minimum absolute atomic E-state index is 0.100. The van der Waals surface area contributed by atoms with Crippen molar-refractivity contribution in [3.8, 4) is 0 Å². The minimum atomic E-state index is -0.100.